The molecule has 0 radical (unpaired) electrons. The predicted molar refractivity (Wildman–Crippen MR) is 132 cm³/mol. The summed E-state index contributed by atoms with van der Waals surface area (Å²) in [7, 11) is -3.99. The van der Waals surface area contributed by atoms with Crippen molar-refractivity contribution in [1.82, 2.24) is 0 Å². The summed E-state index contributed by atoms with van der Waals surface area (Å²) in [6.07, 6.45) is 1.52. The molecule has 3 fully saturated rings. The number of anilines is 1. The van der Waals surface area contributed by atoms with Crippen molar-refractivity contribution < 1.29 is 26.3 Å². The van der Waals surface area contributed by atoms with Crippen molar-refractivity contribution in [2.24, 2.45) is 22.7 Å². The van der Waals surface area contributed by atoms with Crippen molar-refractivity contribution in [1.29, 1.82) is 0 Å². The molecule has 2 aromatic carbocycles. The van der Waals surface area contributed by atoms with E-state index in [9.17, 15) is 21.6 Å². The van der Waals surface area contributed by atoms with Gasteiger partial charge in [-0.3, -0.25) is 4.31 Å². The first kappa shape index (κ1) is 24.1. The van der Waals surface area contributed by atoms with E-state index in [1.54, 1.807) is 6.92 Å². The average Bonchev–Trinajstić information content (AvgIpc) is 3.45. The lowest BCUT2D eigenvalue weighted by molar-refractivity contribution is -0.137. The fourth-order valence-electron chi connectivity index (χ4n) is 7.91. The number of hydrogen-bond donors (Lipinski definition) is 0. The van der Waals surface area contributed by atoms with Gasteiger partial charge in [0.15, 0.2) is 0 Å². The van der Waals surface area contributed by atoms with Crippen LogP contribution in [-0.4, -0.2) is 21.6 Å². The largest absolute Gasteiger partial charge is 0.489 e. The van der Waals surface area contributed by atoms with Crippen molar-refractivity contribution in [3.05, 3.63) is 53.1 Å². The molecule has 5 unspecified atom stereocenters. The standard InChI is InChI=1S/C28H32F3NO3S/c1-17-12-22-21(8-9-27(15-17)16-26(22,27)3)19-5-4-18(2)25(13-19)36(33,34)32-10-11-35-24-14-20(28(29,30)31)6-7-23(24)32/h4-7,13-14,17,21-22H,8-12,15-16H2,1-3H3. The highest BCUT2D eigenvalue weighted by Crippen LogP contribution is 2.80. The normalized spacial score (nSPS) is 33.4. The zero-order chi connectivity index (χ0) is 25.7. The van der Waals surface area contributed by atoms with Gasteiger partial charge in [0.1, 0.15) is 12.4 Å². The number of hydrogen-bond acceptors (Lipinski definition) is 3. The van der Waals surface area contributed by atoms with E-state index in [0.717, 1.165) is 24.1 Å². The highest BCUT2D eigenvalue weighted by molar-refractivity contribution is 7.92. The smallest absolute Gasteiger partial charge is 0.416 e. The summed E-state index contributed by atoms with van der Waals surface area (Å²) >= 11 is 0. The van der Waals surface area contributed by atoms with E-state index < -0.39 is 21.8 Å². The summed E-state index contributed by atoms with van der Waals surface area (Å²) in [5.41, 5.74) is 1.83. The van der Waals surface area contributed by atoms with Crippen LogP contribution in [0.25, 0.3) is 0 Å². The molecule has 2 bridgehead atoms. The molecule has 1 aliphatic heterocycles. The van der Waals surface area contributed by atoms with Crippen molar-refractivity contribution in [3.63, 3.8) is 0 Å². The Hall–Kier alpha value is -2.22. The third-order valence-corrected chi connectivity index (χ3v) is 11.7. The van der Waals surface area contributed by atoms with Crippen LogP contribution in [-0.2, 0) is 16.2 Å². The molecule has 0 N–H and O–H groups in total. The Morgan fingerprint density at radius 3 is 2.67 bits per heavy atom. The van der Waals surface area contributed by atoms with Gasteiger partial charge in [0, 0.05) is 0 Å². The number of aryl methyl sites for hydroxylation is 1. The van der Waals surface area contributed by atoms with Crippen LogP contribution in [0.4, 0.5) is 18.9 Å². The van der Waals surface area contributed by atoms with Crippen LogP contribution < -0.4 is 9.04 Å². The van der Waals surface area contributed by atoms with Crippen LogP contribution in [0.3, 0.4) is 0 Å². The van der Waals surface area contributed by atoms with Gasteiger partial charge in [-0.05, 0) is 103 Å². The number of fused-ring (bicyclic) bond motifs is 1. The lowest BCUT2D eigenvalue weighted by Gasteiger charge is -2.47. The van der Waals surface area contributed by atoms with Crippen molar-refractivity contribution >= 4 is 15.7 Å². The maximum absolute atomic E-state index is 13.9. The summed E-state index contributed by atoms with van der Waals surface area (Å²) in [6, 6.07) is 8.81. The molecule has 0 amide bonds. The Morgan fingerprint density at radius 2 is 1.92 bits per heavy atom. The number of alkyl halides is 3. The fourth-order valence-corrected chi connectivity index (χ4v) is 9.64. The van der Waals surface area contributed by atoms with Gasteiger partial charge in [-0.2, -0.15) is 13.2 Å². The summed E-state index contributed by atoms with van der Waals surface area (Å²) < 4.78 is 74.2. The zero-order valence-electron chi connectivity index (χ0n) is 20.9. The number of halogens is 3. The lowest BCUT2D eigenvalue weighted by Crippen LogP contribution is -2.39. The summed E-state index contributed by atoms with van der Waals surface area (Å²) in [5.74, 6) is 1.51. The van der Waals surface area contributed by atoms with E-state index in [-0.39, 0.29) is 29.5 Å². The first-order chi connectivity index (χ1) is 16.9. The Morgan fingerprint density at radius 1 is 1.14 bits per heavy atom. The average molecular weight is 520 g/mol. The first-order valence-electron chi connectivity index (χ1n) is 12.8. The predicted octanol–water partition coefficient (Wildman–Crippen LogP) is 6.92. The summed E-state index contributed by atoms with van der Waals surface area (Å²) in [5, 5.41) is 0. The number of ether oxygens (including phenoxy) is 1. The fraction of sp³-hybridized carbons (Fsp3) is 0.571. The van der Waals surface area contributed by atoms with Crippen LogP contribution >= 0.6 is 0 Å². The molecule has 5 atom stereocenters. The molecule has 194 valence electrons. The molecule has 0 saturated heterocycles. The van der Waals surface area contributed by atoms with Crippen LogP contribution in [0.1, 0.15) is 68.6 Å². The van der Waals surface area contributed by atoms with Gasteiger partial charge in [0.25, 0.3) is 10.0 Å². The van der Waals surface area contributed by atoms with Gasteiger partial charge in [-0.25, -0.2) is 8.42 Å². The number of benzene rings is 2. The monoisotopic (exact) mass is 519 g/mol. The molecule has 6 rings (SSSR count). The molecule has 4 aliphatic rings. The number of rotatable bonds is 3. The van der Waals surface area contributed by atoms with Crippen molar-refractivity contribution in [3.8, 4) is 5.75 Å². The molecule has 36 heavy (non-hydrogen) atoms. The van der Waals surface area contributed by atoms with E-state index >= 15 is 0 Å². The molecular formula is C28H32F3NO3S. The van der Waals surface area contributed by atoms with E-state index in [1.165, 1.54) is 36.1 Å². The van der Waals surface area contributed by atoms with Gasteiger partial charge < -0.3 is 4.74 Å². The Labute approximate surface area is 210 Å². The van der Waals surface area contributed by atoms with Crippen LogP contribution in [0, 0.1) is 29.6 Å². The Kier molecular flexibility index (Phi) is 5.13. The maximum atomic E-state index is 13.9. The van der Waals surface area contributed by atoms with Gasteiger partial charge in [0.05, 0.1) is 22.7 Å². The maximum Gasteiger partial charge on any atom is 0.416 e. The Bertz CT molecular complexity index is 1340. The second kappa shape index (κ2) is 7.65. The minimum Gasteiger partial charge on any atom is -0.489 e. The molecule has 2 aromatic rings. The number of nitrogens with zero attached hydrogens (tertiary/aromatic N) is 1. The van der Waals surface area contributed by atoms with Gasteiger partial charge in [-0.15, -0.1) is 0 Å². The second-order valence-corrected chi connectivity index (χ2v) is 13.6. The third kappa shape index (κ3) is 3.42. The van der Waals surface area contributed by atoms with Gasteiger partial charge >= 0.3 is 6.18 Å². The minimum atomic E-state index is -4.53. The molecule has 8 heteroatoms. The summed E-state index contributed by atoms with van der Waals surface area (Å²) in [4.78, 5) is 0.231. The van der Waals surface area contributed by atoms with Crippen LogP contribution in [0.2, 0.25) is 0 Å². The number of sulfonamides is 1. The first-order valence-corrected chi connectivity index (χ1v) is 14.3. The highest BCUT2D eigenvalue weighted by atomic mass is 32.2. The molecular weight excluding hydrogens is 487 g/mol. The molecule has 0 aromatic heterocycles. The van der Waals surface area contributed by atoms with Crippen LogP contribution in [0.15, 0.2) is 41.3 Å². The SMILES string of the molecule is Cc1ccc(C2CCC34CC(C)CC2C3(C)C4)cc1S(=O)(=O)N1CCOc2cc(C(F)(F)F)ccc21. The third-order valence-electron chi connectivity index (χ3n) is 9.74. The van der Waals surface area contributed by atoms with E-state index in [4.69, 9.17) is 4.74 Å². The van der Waals surface area contributed by atoms with Gasteiger partial charge in [-0.1, -0.05) is 26.0 Å². The zero-order valence-corrected chi connectivity index (χ0v) is 21.7. The Balaban J connectivity index is 1.37. The summed E-state index contributed by atoms with van der Waals surface area (Å²) in [6.45, 7) is 6.60. The quantitative estimate of drug-likeness (QED) is 0.442. The van der Waals surface area contributed by atoms with Crippen LogP contribution in [0.5, 0.6) is 5.75 Å². The molecule has 0 spiro atoms. The van der Waals surface area contributed by atoms with E-state index in [2.05, 4.69) is 19.9 Å². The van der Waals surface area contributed by atoms with E-state index in [1.807, 2.05) is 12.1 Å². The van der Waals surface area contributed by atoms with Gasteiger partial charge in [0.2, 0.25) is 0 Å². The molecule has 4 nitrogen and oxygen atoms in total. The molecule has 3 aliphatic carbocycles. The highest BCUT2D eigenvalue weighted by Gasteiger charge is 2.72. The van der Waals surface area contributed by atoms with Crippen molar-refractivity contribution in [2.75, 3.05) is 17.5 Å². The van der Waals surface area contributed by atoms with Crippen molar-refractivity contribution in [2.45, 2.75) is 69.9 Å². The minimum absolute atomic E-state index is 0.00466. The van der Waals surface area contributed by atoms with E-state index in [0.29, 0.717) is 34.1 Å². The topological polar surface area (TPSA) is 46.6 Å². The lowest BCUT2D eigenvalue weighted by atomic mass is 9.57. The molecule has 1 heterocycles. The second-order valence-electron chi connectivity index (χ2n) is 11.8. The molecule has 3 saturated carbocycles.